The monoisotopic (exact) mass is 221 g/mol. The Kier molecular flexibility index (Phi) is 3.64. The summed E-state index contributed by atoms with van der Waals surface area (Å²) in [6.45, 7) is 2.15. The van der Waals surface area contributed by atoms with Crippen molar-refractivity contribution in [2.24, 2.45) is 13.0 Å². The first-order chi connectivity index (χ1) is 7.72. The fraction of sp³-hybridized carbons (Fsp3) is 0.769. The van der Waals surface area contributed by atoms with E-state index in [0.29, 0.717) is 6.04 Å². The lowest BCUT2D eigenvalue weighted by atomic mass is 9.94. The van der Waals surface area contributed by atoms with Crippen LogP contribution in [0.5, 0.6) is 0 Å². The Hall–Kier alpha value is -0.830. The van der Waals surface area contributed by atoms with E-state index in [0.717, 1.165) is 5.92 Å². The van der Waals surface area contributed by atoms with Gasteiger partial charge in [0.25, 0.3) is 0 Å². The van der Waals surface area contributed by atoms with Crippen LogP contribution < -0.4 is 5.32 Å². The summed E-state index contributed by atoms with van der Waals surface area (Å²) in [6, 6.07) is 0.483. The van der Waals surface area contributed by atoms with Crippen molar-refractivity contribution in [3.05, 3.63) is 17.5 Å². The van der Waals surface area contributed by atoms with Gasteiger partial charge in [-0.05, 0) is 26.3 Å². The first-order valence-electron chi connectivity index (χ1n) is 6.38. The van der Waals surface area contributed by atoms with E-state index in [1.165, 1.54) is 43.4 Å². The standard InChI is InChI=1S/C13H23N3/c1-10-12(9-15-16(10)3)13(14-2)8-11-6-4-5-7-11/h9,11,13-14H,4-8H2,1-3H3. The van der Waals surface area contributed by atoms with Crippen LogP contribution in [-0.4, -0.2) is 16.8 Å². The summed E-state index contributed by atoms with van der Waals surface area (Å²) in [7, 11) is 4.08. The van der Waals surface area contributed by atoms with Crippen LogP contribution in [0.1, 0.15) is 49.4 Å². The number of aromatic nitrogens is 2. The lowest BCUT2D eigenvalue weighted by Gasteiger charge is -2.19. The van der Waals surface area contributed by atoms with E-state index in [9.17, 15) is 0 Å². The zero-order chi connectivity index (χ0) is 11.5. The summed E-state index contributed by atoms with van der Waals surface area (Å²) in [5, 5.41) is 7.78. The van der Waals surface area contributed by atoms with Crippen LogP contribution in [0.15, 0.2) is 6.20 Å². The minimum Gasteiger partial charge on any atom is -0.313 e. The van der Waals surface area contributed by atoms with Crippen LogP contribution in [-0.2, 0) is 7.05 Å². The van der Waals surface area contributed by atoms with Crippen molar-refractivity contribution < 1.29 is 0 Å². The van der Waals surface area contributed by atoms with E-state index in [-0.39, 0.29) is 0 Å². The maximum atomic E-state index is 4.34. The van der Waals surface area contributed by atoms with Crippen molar-refractivity contribution in [2.45, 2.75) is 45.1 Å². The smallest absolute Gasteiger partial charge is 0.0540 e. The number of aryl methyl sites for hydroxylation is 1. The minimum atomic E-state index is 0.483. The molecular formula is C13H23N3. The van der Waals surface area contributed by atoms with Crippen LogP contribution in [0, 0.1) is 12.8 Å². The highest BCUT2D eigenvalue weighted by molar-refractivity contribution is 5.20. The Morgan fingerprint density at radius 2 is 2.19 bits per heavy atom. The van der Waals surface area contributed by atoms with Gasteiger partial charge in [-0.25, -0.2) is 0 Å². The number of hydrogen-bond donors (Lipinski definition) is 1. The van der Waals surface area contributed by atoms with Crippen LogP contribution in [0.25, 0.3) is 0 Å². The Balaban J connectivity index is 2.06. The van der Waals surface area contributed by atoms with Crippen molar-refractivity contribution in [2.75, 3.05) is 7.05 Å². The molecule has 0 bridgehead atoms. The maximum Gasteiger partial charge on any atom is 0.0540 e. The van der Waals surface area contributed by atoms with Gasteiger partial charge in [-0.15, -0.1) is 0 Å². The summed E-state index contributed by atoms with van der Waals surface area (Å²) < 4.78 is 1.97. The number of hydrogen-bond acceptors (Lipinski definition) is 2. The lowest BCUT2D eigenvalue weighted by Crippen LogP contribution is -2.19. The molecule has 3 heteroatoms. The largest absolute Gasteiger partial charge is 0.313 e. The molecule has 1 saturated carbocycles. The highest BCUT2D eigenvalue weighted by Crippen LogP contribution is 2.33. The summed E-state index contributed by atoms with van der Waals surface area (Å²) in [6.07, 6.45) is 8.96. The molecule has 1 aromatic rings. The minimum absolute atomic E-state index is 0.483. The topological polar surface area (TPSA) is 29.9 Å². The average molecular weight is 221 g/mol. The molecule has 1 aromatic heterocycles. The number of nitrogens with one attached hydrogen (secondary N) is 1. The van der Waals surface area contributed by atoms with Gasteiger partial charge < -0.3 is 5.32 Å². The zero-order valence-electron chi connectivity index (χ0n) is 10.7. The molecule has 1 atom stereocenters. The average Bonchev–Trinajstić information content (AvgIpc) is 2.88. The Morgan fingerprint density at radius 3 is 2.69 bits per heavy atom. The second-order valence-electron chi connectivity index (χ2n) is 5.04. The van der Waals surface area contributed by atoms with Crippen LogP contribution >= 0.6 is 0 Å². The molecular weight excluding hydrogens is 198 g/mol. The molecule has 1 unspecified atom stereocenters. The SMILES string of the molecule is CNC(CC1CCCC1)c1cnn(C)c1C. The maximum absolute atomic E-state index is 4.34. The van der Waals surface area contributed by atoms with Gasteiger partial charge in [0.2, 0.25) is 0 Å². The van der Waals surface area contributed by atoms with Gasteiger partial charge >= 0.3 is 0 Å². The van der Waals surface area contributed by atoms with Crippen molar-refractivity contribution in [1.82, 2.24) is 15.1 Å². The Labute approximate surface area is 98.2 Å². The van der Waals surface area contributed by atoms with Crippen molar-refractivity contribution in [1.29, 1.82) is 0 Å². The zero-order valence-corrected chi connectivity index (χ0v) is 10.7. The van der Waals surface area contributed by atoms with Gasteiger partial charge in [0.05, 0.1) is 6.20 Å². The summed E-state index contributed by atoms with van der Waals surface area (Å²) in [5.41, 5.74) is 2.66. The summed E-state index contributed by atoms with van der Waals surface area (Å²) in [5.74, 6) is 0.914. The molecule has 1 N–H and O–H groups in total. The third-order valence-electron chi connectivity index (χ3n) is 4.04. The highest BCUT2D eigenvalue weighted by atomic mass is 15.3. The van der Waals surface area contributed by atoms with E-state index in [1.807, 2.05) is 17.9 Å². The number of nitrogens with zero attached hydrogens (tertiary/aromatic N) is 2. The number of rotatable bonds is 4. The third kappa shape index (κ3) is 2.29. The van der Waals surface area contributed by atoms with Gasteiger partial charge in [-0.2, -0.15) is 5.10 Å². The molecule has 0 aliphatic heterocycles. The quantitative estimate of drug-likeness (QED) is 0.847. The highest BCUT2D eigenvalue weighted by Gasteiger charge is 2.22. The predicted octanol–water partition coefficient (Wildman–Crippen LogP) is 2.57. The lowest BCUT2D eigenvalue weighted by molar-refractivity contribution is 0.412. The van der Waals surface area contributed by atoms with Crippen molar-refractivity contribution >= 4 is 0 Å². The van der Waals surface area contributed by atoms with E-state index in [4.69, 9.17) is 0 Å². The summed E-state index contributed by atoms with van der Waals surface area (Å²) in [4.78, 5) is 0. The van der Waals surface area contributed by atoms with E-state index in [1.54, 1.807) is 0 Å². The second kappa shape index (κ2) is 5.00. The van der Waals surface area contributed by atoms with Gasteiger partial charge in [0.15, 0.2) is 0 Å². The van der Waals surface area contributed by atoms with Crippen LogP contribution in [0.4, 0.5) is 0 Å². The van der Waals surface area contributed by atoms with Gasteiger partial charge in [0.1, 0.15) is 0 Å². The van der Waals surface area contributed by atoms with E-state index >= 15 is 0 Å². The molecule has 0 amide bonds. The normalized spacial score (nSPS) is 19.2. The molecule has 16 heavy (non-hydrogen) atoms. The fourth-order valence-electron chi connectivity index (χ4n) is 2.84. The molecule has 0 spiro atoms. The molecule has 1 fully saturated rings. The Bertz CT molecular complexity index is 337. The van der Waals surface area contributed by atoms with Crippen molar-refractivity contribution in [3.63, 3.8) is 0 Å². The first kappa shape index (κ1) is 11.6. The molecule has 3 nitrogen and oxygen atoms in total. The van der Waals surface area contributed by atoms with Gasteiger partial charge in [-0.3, -0.25) is 4.68 Å². The molecule has 0 radical (unpaired) electrons. The second-order valence-corrected chi connectivity index (χ2v) is 5.04. The van der Waals surface area contributed by atoms with Crippen LogP contribution in [0.3, 0.4) is 0 Å². The molecule has 1 aliphatic rings. The van der Waals surface area contributed by atoms with E-state index < -0.39 is 0 Å². The molecule has 1 heterocycles. The third-order valence-corrected chi connectivity index (χ3v) is 4.04. The first-order valence-corrected chi connectivity index (χ1v) is 6.38. The molecule has 2 rings (SSSR count). The summed E-state index contributed by atoms with van der Waals surface area (Å²) >= 11 is 0. The van der Waals surface area contributed by atoms with Gasteiger partial charge in [-0.1, -0.05) is 25.7 Å². The van der Waals surface area contributed by atoms with Crippen molar-refractivity contribution in [3.8, 4) is 0 Å². The molecule has 0 saturated heterocycles. The van der Waals surface area contributed by atoms with Gasteiger partial charge in [0, 0.05) is 24.3 Å². The molecule has 90 valence electrons. The Morgan fingerprint density at radius 1 is 1.50 bits per heavy atom. The fourth-order valence-corrected chi connectivity index (χ4v) is 2.84. The predicted molar refractivity (Wildman–Crippen MR) is 66.3 cm³/mol. The molecule has 1 aliphatic carbocycles. The van der Waals surface area contributed by atoms with Crippen LogP contribution in [0.2, 0.25) is 0 Å². The van der Waals surface area contributed by atoms with E-state index in [2.05, 4.69) is 24.4 Å². The molecule has 0 aromatic carbocycles.